The van der Waals surface area contributed by atoms with E-state index in [0.29, 0.717) is 47.4 Å². The first kappa shape index (κ1) is 20.7. The van der Waals surface area contributed by atoms with Gasteiger partial charge in [-0.15, -0.1) is 0 Å². The van der Waals surface area contributed by atoms with Gasteiger partial charge in [0.15, 0.2) is 4.77 Å². The summed E-state index contributed by atoms with van der Waals surface area (Å²) in [6.45, 7) is 1.76. The number of benzene rings is 1. The Bertz CT molecular complexity index is 929. The van der Waals surface area contributed by atoms with Gasteiger partial charge in [0.1, 0.15) is 0 Å². The van der Waals surface area contributed by atoms with Gasteiger partial charge in [-0.2, -0.15) is 0 Å². The number of hydrogen-bond acceptors (Lipinski definition) is 4. The van der Waals surface area contributed by atoms with Crippen LogP contribution in [0.1, 0.15) is 55.3 Å². The third-order valence-electron chi connectivity index (χ3n) is 5.54. The SMILES string of the molecule is COCCCn1c(=S)[nH]c2cc(C(=O)NCCC3CCCCC3)ccc2c1=O. The quantitative estimate of drug-likeness (QED) is 0.519. The van der Waals surface area contributed by atoms with Crippen LogP contribution in [0.4, 0.5) is 0 Å². The van der Waals surface area contributed by atoms with E-state index in [1.807, 2.05) is 0 Å². The second-order valence-corrected chi connectivity index (χ2v) is 7.93. The summed E-state index contributed by atoms with van der Waals surface area (Å²) in [6.07, 6.45) is 8.26. The smallest absolute Gasteiger partial charge is 0.262 e. The lowest BCUT2D eigenvalue weighted by Gasteiger charge is -2.21. The zero-order valence-electron chi connectivity index (χ0n) is 16.5. The Morgan fingerprint density at radius 2 is 2.11 bits per heavy atom. The fraction of sp³-hybridized carbons (Fsp3) is 0.571. The van der Waals surface area contributed by atoms with E-state index in [1.54, 1.807) is 29.9 Å². The fourth-order valence-corrected chi connectivity index (χ4v) is 4.22. The number of aromatic nitrogens is 2. The molecule has 2 aromatic rings. The molecule has 0 saturated heterocycles. The van der Waals surface area contributed by atoms with Crippen LogP contribution in [0.15, 0.2) is 23.0 Å². The minimum Gasteiger partial charge on any atom is -0.385 e. The molecular weight excluding hydrogens is 374 g/mol. The number of rotatable bonds is 8. The van der Waals surface area contributed by atoms with Gasteiger partial charge >= 0.3 is 0 Å². The Kier molecular flexibility index (Phi) is 7.39. The number of aromatic amines is 1. The Morgan fingerprint density at radius 1 is 1.32 bits per heavy atom. The summed E-state index contributed by atoms with van der Waals surface area (Å²) in [7, 11) is 1.63. The first-order valence-corrected chi connectivity index (χ1v) is 10.5. The normalized spacial score (nSPS) is 15.0. The summed E-state index contributed by atoms with van der Waals surface area (Å²) in [5, 5.41) is 3.54. The van der Waals surface area contributed by atoms with E-state index < -0.39 is 0 Å². The molecule has 6 nitrogen and oxygen atoms in total. The van der Waals surface area contributed by atoms with Gasteiger partial charge in [0, 0.05) is 32.4 Å². The molecule has 2 N–H and O–H groups in total. The highest BCUT2D eigenvalue weighted by Crippen LogP contribution is 2.25. The van der Waals surface area contributed by atoms with Gasteiger partial charge in [0.05, 0.1) is 10.9 Å². The van der Waals surface area contributed by atoms with Crippen LogP contribution in [0.5, 0.6) is 0 Å². The number of amides is 1. The van der Waals surface area contributed by atoms with Crippen LogP contribution in [0.25, 0.3) is 10.9 Å². The predicted molar refractivity (Wildman–Crippen MR) is 113 cm³/mol. The van der Waals surface area contributed by atoms with Crippen molar-refractivity contribution >= 4 is 29.0 Å². The number of carbonyl (C=O) groups excluding carboxylic acids is 1. The molecule has 3 rings (SSSR count). The maximum absolute atomic E-state index is 12.7. The van der Waals surface area contributed by atoms with Crippen molar-refractivity contribution in [1.82, 2.24) is 14.9 Å². The molecule has 1 fully saturated rings. The number of methoxy groups -OCH3 is 1. The molecule has 152 valence electrons. The predicted octanol–water partition coefficient (Wildman–Crippen LogP) is 3.80. The van der Waals surface area contributed by atoms with Crippen molar-refractivity contribution in [3.63, 3.8) is 0 Å². The highest BCUT2D eigenvalue weighted by atomic mass is 32.1. The molecule has 1 aromatic carbocycles. The van der Waals surface area contributed by atoms with E-state index in [9.17, 15) is 9.59 Å². The average molecular weight is 404 g/mol. The molecule has 1 aromatic heterocycles. The van der Waals surface area contributed by atoms with Crippen LogP contribution < -0.4 is 10.9 Å². The van der Waals surface area contributed by atoms with Gasteiger partial charge < -0.3 is 15.0 Å². The molecule has 1 aliphatic rings. The summed E-state index contributed by atoms with van der Waals surface area (Å²) in [6, 6.07) is 5.11. The van der Waals surface area contributed by atoms with Gasteiger partial charge in [-0.3, -0.25) is 14.2 Å². The van der Waals surface area contributed by atoms with Crippen molar-refractivity contribution in [2.45, 2.75) is 51.5 Å². The van der Waals surface area contributed by atoms with Crippen LogP contribution in [-0.2, 0) is 11.3 Å². The van der Waals surface area contributed by atoms with E-state index in [4.69, 9.17) is 17.0 Å². The first-order chi connectivity index (χ1) is 13.6. The summed E-state index contributed by atoms with van der Waals surface area (Å²) in [4.78, 5) is 28.3. The van der Waals surface area contributed by atoms with Crippen molar-refractivity contribution in [2.75, 3.05) is 20.3 Å². The molecule has 1 saturated carbocycles. The molecule has 0 aliphatic heterocycles. The van der Waals surface area contributed by atoms with Crippen LogP contribution in [0.3, 0.4) is 0 Å². The van der Waals surface area contributed by atoms with Gasteiger partial charge in [-0.1, -0.05) is 32.1 Å². The third-order valence-corrected chi connectivity index (χ3v) is 5.86. The third kappa shape index (κ3) is 5.08. The topological polar surface area (TPSA) is 76.1 Å². The zero-order valence-corrected chi connectivity index (χ0v) is 17.3. The lowest BCUT2D eigenvalue weighted by atomic mass is 9.87. The van der Waals surface area contributed by atoms with Crippen LogP contribution in [0, 0.1) is 10.7 Å². The molecule has 0 bridgehead atoms. The monoisotopic (exact) mass is 403 g/mol. The minimum absolute atomic E-state index is 0.110. The lowest BCUT2D eigenvalue weighted by molar-refractivity contribution is 0.0950. The van der Waals surface area contributed by atoms with E-state index in [0.717, 1.165) is 12.3 Å². The van der Waals surface area contributed by atoms with Gasteiger partial charge in [-0.05, 0) is 49.2 Å². The van der Waals surface area contributed by atoms with E-state index >= 15 is 0 Å². The number of carbonyl (C=O) groups is 1. The molecule has 1 heterocycles. The van der Waals surface area contributed by atoms with Crippen molar-refractivity contribution in [3.8, 4) is 0 Å². The Labute approximate surface area is 170 Å². The van der Waals surface area contributed by atoms with Crippen LogP contribution in [0.2, 0.25) is 0 Å². The molecule has 28 heavy (non-hydrogen) atoms. The molecule has 0 spiro atoms. The molecular formula is C21H29N3O3S. The fourth-order valence-electron chi connectivity index (χ4n) is 3.93. The maximum Gasteiger partial charge on any atom is 0.262 e. The van der Waals surface area contributed by atoms with E-state index in [2.05, 4.69) is 10.3 Å². The van der Waals surface area contributed by atoms with Crippen LogP contribution in [-0.4, -0.2) is 35.7 Å². The minimum atomic E-state index is -0.140. The Hall–Kier alpha value is -1.99. The lowest BCUT2D eigenvalue weighted by Crippen LogP contribution is -2.27. The van der Waals surface area contributed by atoms with E-state index in [-0.39, 0.29) is 11.5 Å². The van der Waals surface area contributed by atoms with Crippen molar-refractivity contribution in [1.29, 1.82) is 0 Å². The van der Waals surface area contributed by atoms with Crippen molar-refractivity contribution in [3.05, 3.63) is 38.9 Å². The largest absolute Gasteiger partial charge is 0.385 e. The molecule has 0 radical (unpaired) electrons. The van der Waals surface area contributed by atoms with Gasteiger partial charge in [0.2, 0.25) is 0 Å². The molecule has 0 unspecified atom stereocenters. The maximum atomic E-state index is 12.7. The average Bonchev–Trinajstić information content (AvgIpc) is 2.71. The Morgan fingerprint density at radius 3 is 2.86 bits per heavy atom. The van der Waals surface area contributed by atoms with Crippen LogP contribution >= 0.6 is 12.2 Å². The van der Waals surface area contributed by atoms with E-state index in [1.165, 1.54) is 32.1 Å². The number of H-pyrrole nitrogens is 1. The molecule has 1 amide bonds. The van der Waals surface area contributed by atoms with Gasteiger partial charge in [-0.25, -0.2) is 0 Å². The number of fused-ring (bicyclic) bond motifs is 1. The van der Waals surface area contributed by atoms with Crippen molar-refractivity contribution < 1.29 is 9.53 Å². The molecule has 0 atom stereocenters. The highest BCUT2D eigenvalue weighted by molar-refractivity contribution is 7.71. The summed E-state index contributed by atoms with van der Waals surface area (Å²) >= 11 is 5.33. The number of ether oxygens (including phenoxy) is 1. The van der Waals surface area contributed by atoms with Gasteiger partial charge in [0.25, 0.3) is 11.5 Å². The zero-order chi connectivity index (χ0) is 19.9. The second kappa shape index (κ2) is 9.98. The summed E-state index contributed by atoms with van der Waals surface area (Å²) in [5.41, 5.74) is 0.996. The number of nitrogens with zero attached hydrogens (tertiary/aromatic N) is 1. The summed E-state index contributed by atoms with van der Waals surface area (Å²) in [5.74, 6) is 0.625. The number of hydrogen-bond donors (Lipinski definition) is 2. The number of nitrogens with one attached hydrogen (secondary N) is 2. The summed E-state index contributed by atoms with van der Waals surface area (Å²) < 4.78 is 6.95. The van der Waals surface area contributed by atoms with Crippen molar-refractivity contribution in [2.24, 2.45) is 5.92 Å². The molecule has 7 heteroatoms. The first-order valence-electron chi connectivity index (χ1n) is 10.1. The standard InChI is InChI=1S/C21H29N3O3S/c1-27-13-5-12-24-20(26)17-9-8-16(14-18(17)23-21(24)28)19(25)22-11-10-15-6-3-2-4-7-15/h8-9,14-15H,2-7,10-13H2,1H3,(H,22,25)(H,23,28). The highest BCUT2D eigenvalue weighted by Gasteiger charge is 2.14. The molecule has 1 aliphatic carbocycles. The Balaban J connectivity index is 1.69. The second-order valence-electron chi connectivity index (χ2n) is 7.54.